The standard InChI is InChI=1S/C21H21N3OS/c1-25-19-12-6-5-10-17(19)22-21(26)24-15-14-23-13-7-11-18(23)20(24)16-8-3-2-4-9-16/h2-13,20H,14-15H2,1H3,(H,22,26). The highest BCUT2D eigenvalue weighted by Crippen LogP contribution is 2.33. The molecule has 0 saturated carbocycles. The van der Waals surface area contributed by atoms with Crippen LogP contribution in [-0.2, 0) is 6.54 Å². The van der Waals surface area contributed by atoms with Crippen LogP contribution >= 0.6 is 12.2 Å². The van der Waals surface area contributed by atoms with Crippen LogP contribution < -0.4 is 10.1 Å². The first-order valence-electron chi connectivity index (χ1n) is 8.68. The van der Waals surface area contributed by atoms with Gasteiger partial charge in [0.2, 0.25) is 0 Å². The molecule has 0 radical (unpaired) electrons. The fraction of sp³-hybridized carbons (Fsp3) is 0.190. The molecule has 1 atom stereocenters. The number of thiocarbonyl (C=S) groups is 1. The number of rotatable bonds is 3. The van der Waals surface area contributed by atoms with Gasteiger partial charge in [-0.1, -0.05) is 42.5 Å². The molecule has 4 nitrogen and oxygen atoms in total. The maximum Gasteiger partial charge on any atom is 0.174 e. The zero-order chi connectivity index (χ0) is 17.9. The number of benzene rings is 2. The van der Waals surface area contributed by atoms with E-state index in [1.54, 1.807) is 7.11 Å². The molecule has 0 aliphatic carbocycles. The van der Waals surface area contributed by atoms with E-state index in [1.165, 1.54) is 11.3 Å². The summed E-state index contributed by atoms with van der Waals surface area (Å²) >= 11 is 5.79. The molecule has 0 fully saturated rings. The minimum absolute atomic E-state index is 0.0923. The van der Waals surface area contributed by atoms with E-state index >= 15 is 0 Å². The number of ether oxygens (including phenoxy) is 1. The molecule has 0 saturated heterocycles. The van der Waals surface area contributed by atoms with Crippen molar-refractivity contribution in [3.63, 3.8) is 0 Å². The Morgan fingerprint density at radius 2 is 1.77 bits per heavy atom. The lowest BCUT2D eigenvalue weighted by Gasteiger charge is -2.39. The van der Waals surface area contributed by atoms with Gasteiger partial charge in [-0.05, 0) is 42.0 Å². The van der Waals surface area contributed by atoms with E-state index in [1.807, 2.05) is 30.3 Å². The molecule has 4 rings (SSSR count). The van der Waals surface area contributed by atoms with E-state index in [2.05, 4.69) is 57.4 Å². The van der Waals surface area contributed by atoms with Crippen molar-refractivity contribution in [1.29, 1.82) is 0 Å². The van der Waals surface area contributed by atoms with E-state index in [9.17, 15) is 0 Å². The lowest BCUT2D eigenvalue weighted by Crippen LogP contribution is -2.44. The van der Waals surface area contributed by atoms with E-state index < -0.39 is 0 Å². The molecule has 3 aromatic rings. The molecule has 1 N–H and O–H groups in total. The molecule has 1 aliphatic heterocycles. The maximum atomic E-state index is 5.79. The van der Waals surface area contributed by atoms with Gasteiger partial charge in [-0.15, -0.1) is 0 Å². The summed E-state index contributed by atoms with van der Waals surface area (Å²) in [6.07, 6.45) is 2.14. The first-order valence-corrected chi connectivity index (χ1v) is 9.09. The zero-order valence-corrected chi connectivity index (χ0v) is 15.4. The average Bonchev–Trinajstić information content (AvgIpc) is 3.17. The minimum Gasteiger partial charge on any atom is -0.495 e. The fourth-order valence-corrected chi connectivity index (χ4v) is 3.83. The molecule has 1 aromatic heterocycles. The summed E-state index contributed by atoms with van der Waals surface area (Å²) in [6.45, 7) is 1.77. The molecule has 0 amide bonds. The molecule has 5 heteroatoms. The molecule has 26 heavy (non-hydrogen) atoms. The van der Waals surface area contributed by atoms with Crippen molar-refractivity contribution in [3.05, 3.63) is 84.2 Å². The van der Waals surface area contributed by atoms with Crippen LogP contribution in [-0.4, -0.2) is 28.2 Å². The number of nitrogens with one attached hydrogen (secondary N) is 1. The topological polar surface area (TPSA) is 29.4 Å². The smallest absolute Gasteiger partial charge is 0.174 e. The van der Waals surface area contributed by atoms with Crippen molar-refractivity contribution in [2.45, 2.75) is 12.6 Å². The summed E-state index contributed by atoms with van der Waals surface area (Å²) in [5, 5.41) is 4.08. The van der Waals surface area contributed by atoms with Crippen LogP contribution in [0.4, 0.5) is 5.69 Å². The summed E-state index contributed by atoms with van der Waals surface area (Å²) in [5.74, 6) is 0.784. The largest absolute Gasteiger partial charge is 0.495 e. The van der Waals surface area contributed by atoms with Crippen LogP contribution in [0, 0.1) is 0 Å². The average molecular weight is 363 g/mol. The predicted molar refractivity (Wildman–Crippen MR) is 109 cm³/mol. The number of aromatic nitrogens is 1. The molecule has 132 valence electrons. The van der Waals surface area contributed by atoms with Crippen molar-refractivity contribution in [3.8, 4) is 5.75 Å². The van der Waals surface area contributed by atoms with E-state index in [-0.39, 0.29) is 6.04 Å². The number of nitrogens with zero attached hydrogens (tertiary/aromatic N) is 2. The highest BCUT2D eigenvalue weighted by atomic mass is 32.1. The summed E-state index contributed by atoms with van der Waals surface area (Å²) < 4.78 is 7.75. The second-order valence-corrected chi connectivity index (χ2v) is 6.65. The van der Waals surface area contributed by atoms with Crippen LogP contribution in [0.3, 0.4) is 0 Å². The molecule has 1 unspecified atom stereocenters. The third-order valence-corrected chi connectivity index (χ3v) is 5.10. The molecular formula is C21H21N3OS. The molecule has 2 aromatic carbocycles. The van der Waals surface area contributed by atoms with Gasteiger partial charge in [-0.2, -0.15) is 0 Å². The number of hydrogen-bond acceptors (Lipinski definition) is 2. The molecule has 2 heterocycles. The number of anilines is 1. The fourth-order valence-electron chi connectivity index (χ4n) is 3.52. The van der Waals surface area contributed by atoms with Crippen LogP contribution in [0.5, 0.6) is 5.75 Å². The Hall–Kier alpha value is -2.79. The Bertz CT molecular complexity index is 906. The Balaban J connectivity index is 1.67. The van der Waals surface area contributed by atoms with Gasteiger partial charge in [-0.3, -0.25) is 0 Å². The highest BCUT2D eigenvalue weighted by Gasteiger charge is 2.30. The summed E-state index contributed by atoms with van der Waals surface area (Å²) in [4.78, 5) is 2.26. The van der Waals surface area contributed by atoms with Crippen molar-refractivity contribution in [1.82, 2.24) is 9.47 Å². The Morgan fingerprint density at radius 1 is 1.00 bits per heavy atom. The van der Waals surface area contributed by atoms with Crippen LogP contribution in [0.25, 0.3) is 0 Å². The monoisotopic (exact) mass is 363 g/mol. The van der Waals surface area contributed by atoms with Gasteiger partial charge in [-0.25, -0.2) is 0 Å². The predicted octanol–water partition coefficient (Wildman–Crippen LogP) is 4.30. The lowest BCUT2D eigenvalue weighted by atomic mass is 10.0. The van der Waals surface area contributed by atoms with E-state index in [0.717, 1.165) is 24.5 Å². The Morgan fingerprint density at radius 3 is 2.58 bits per heavy atom. The second-order valence-electron chi connectivity index (χ2n) is 6.26. The number of para-hydroxylation sites is 2. The third kappa shape index (κ3) is 3.06. The second kappa shape index (κ2) is 7.22. The first kappa shape index (κ1) is 16.7. The Labute approximate surface area is 159 Å². The van der Waals surface area contributed by atoms with Crippen molar-refractivity contribution < 1.29 is 4.74 Å². The summed E-state index contributed by atoms with van der Waals surface area (Å²) in [5.41, 5.74) is 3.37. The first-order chi connectivity index (χ1) is 12.8. The van der Waals surface area contributed by atoms with Gasteiger partial charge in [0, 0.05) is 25.0 Å². The van der Waals surface area contributed by atoms with E-state index in [0.29, 0.717) is 5.11 Å². The van der Waals surface area contributed by atoms with Gasteiger partial charge >= 0.3 is 0 Å². The zero-order valence-electron chi connectivity index (χ0n) is 14.6. The molecular weight excluding hydrogens is 342 g/mol. The number of fused-ring (bicyclic) bond motifs is 1. The highest BCUT2D eigenvalue weighted by molar-refractivity contribution is 7.80. The lowest BCUT2D eigenvalue weighted by molar-refractivity contribution is 0.293. The van der Waals surface area contributed by atoms with Gasteiger partial charge in [0.1, 0.15) is 5.75 Å². The van der Waals surface area contributed by atoms with Crippen LogP contribution in [0.15, 0.2) is 72.9 Å². The van der Waals surface area contributed by atoms with Crippen molar-refractivity contribution in [2.24, 2.45) is 0 Å². The maximum absolute atomic E-state index is 5.79. The molecule has 1 aliphatic rings. The molecule has 0 bridgehead atoms. The Kier molecular flexibility index (Phi) is 4.63. The normalized spacial score (nSPS) is 16.0. The number of methoxy groups -OCH3 is 1. The SMILES string of the molecule is COc1ccccc1NC(=S)N1CCn2cccc2C1c1ccccc1. The van der Waals surface area contributed by atoms with Gasteiger partial charge in [0.15, 0.2) is 5.11 Å². The quantitative estimate of drug-likeness (QED) is 0.703. The van der Waals surface area contributed by atoms with Crippen molar-refractivity contribution >= 4 is 23.0 Å². The van der Waals surface area contributed by atoms with Crippen LogP contribution in [0.2, 0.25) is 0 Å². The summed E-state index contributed by atoms with van der Waals surface area (Å²) in [7, 11) is 1.67. The minimum atomic E-state index is 0.0923. The van der Waals surface area contributed by atoms with Gasteiger partial charge < -0.3 is 19.5 Å². The van der Waals surface area contributed by atoms with Crippen molar-refractivity contribution in [2.75, 3.05) is 19.0 Å². The van der Waals surface area contributed by atoms with Gasteiger partial charge in [0.05, 0.1) is 18.8 Å². The summed E-state index contributed by atoms with van der Waals surface area (Å²) in [6, 6.07) is 22.7. The van der Waals surface area contributed by atoms with Crippen LogP contribution in [0.1, 0.15) is 17.3 Å². The molecule has 0 spiro atoms. The van der Waals surface area contributed by atoms with E-state index in [4.69, 9.17) is 17.0 Å². The third-order valence-electron chi connectivity index (χ3n) is 4.76. The number of hydrogen-bond donors (Lipinski definition) is 1. The van der Waals surface area contributed by atoms with Gasteiger partial charge in [0.25, 0.3) is 0 Å².